The number of nitrogens with one attached hydrogen (secondary N) is 1. The molecule has 1 N–H and O–H groups in total. The Morgan fingerprint density at radius 1 is 0.963 bits per heavy atom. The zero-order valence-electron chi connectivity index (χ0n) is 15.9. The molecule has 1 amide bonds. The molecule has 0 aromatic heterocycles. The van der Waals surface area contributed by atoms with Crippen LogP contribution in [0.3, 0.4) is 0 Å². The van der Waals surface area contributed by atoms with Crippen molar-refractivity contribution < 1.29 is 13.2 Å². The second-order valence-corrected chi connectivity index (χ2v) is 8.78. The Hall–Kier alpha value is -2.34. The topological polar surface area (TPSA) is 66.5 Å². The van der Waals surface area contributed by atoms with Gasteiger partial charge in [-0.15, -0.1) is 0 Å². The van der Waals surface area contributed by atoms with Gasteiger partial charge in [0.2, 0.25) is 0 Å². The van der Waals surface area contributed by atoms with Gasteiger partial charge in [0, 0.05) is 13.1 Å². The molecule has 1 heterocycles. The average molecular weight is 387 g/mol. The Bertz CT molecular complexity index is 930. The third-order valence-corrected chi connectivity index (χ3v) is 6.44. The highest BCUT2D eigenvalue weighted by molar-refractivity contribution is 7.92. The summed E-state index contributed by atoms with van der Waals surface area (Å²) in [5, 5.41) is 0. The van der Waals surface area contributed by atoms with E-state index in [1.165, 1.54) is 0 Å². The highest BCUT2D eigenvalue weighted by Gasteiger charge is 2.23. The molecule has 0 aliphatic carbocycles. The van der Waals surface area contributed by atoms with Crippen molar-refractivity contribution in [2.24, 2.45) is 0 Å². The fourth-order valence-corrected chi connectivity index (χ4v) is 4.81. The van der Waals surface area contributed by atoms with Gasteiger partial charge in [-0.25, -0.2) is 8.42 Å². The summed E-state index contributed by atoms with van der Waals surface area (Å²) in [6.07, 6.45) is 4.24. The number of aryl methyl sites for hydroxylation is 2. The smallest absolute Gasteiger partial charge is 0.262 e. The molecule has 3 rings (SSSR count). The van der Waals surface area contributed by atoms with E-state index in [4.69, 9.17) is 0 Å². The number of likely N-dealkylation sites (tertiary alicyclic amines) is 1. The van der Waals surface area contributed by atoms with Crippen molar-refractivity contribution >= 4 is 21.6 Å². The van der Waals surface area contributed by atoms with E-state index >= 15 is 0 Å². The molecule has 0 unspecified atom stereocenters. The molecule has 0 bridgehead atoms. The maximum absolute atomic E-state index is 13.0. The fourth-order valence-electron chi connectivity index (χ4n) is 3.40. The number of hydrogen-bond donors (Lipinski definition) is 1. The molecule has 0 atom stereocenters. The molecule has 6 heteroatoms. The van der Waals surface area contributed by atoms with Crippen LogP contribution in [0.4, 0.5) is 5.69 Å². The monoisotopic (exact) mass is 386 g/mol. The summed E-state index contributed by atoms with van der Waals surface area (Å²) in [6, 6.07) is 12.2. The van der Waals surface area contributed by atoms with Crippen molar-refractivity contribution in [3.05, 3.63) is 59.2 Å². The molecular formula is C21H26N2O3S. The van der Waals surface area contributed by atoms with Crippen molar-refractivity contribution in [3.8, 4) is 0 Å². The number of amides is 1. The Kier molecular flexibility index (Phi) is 5.85. The van der Waals surface area contributed by atoms with Crippen molar-refractivity contribution in [1.82, 2.24) is 4.90 Å². The highest BCUT2D eigenvalue weighted by Crippen LogP contribution is 2.25. The number of carbonyl (C=O) groups excluding carboxylic acids is 1. The largest absolute Gasteiger partial charge is 0.339 e. The van der Waals surface area contributed by atoms with Crippen LogP contribution in [-0.4, -0.2) is 32.3 Å². The first kappa shape index (κ1) is 19.4. The van der Waals surface area contributed by atoms with Crippen LogP contribution in [0.15, 0.2) is 47.4 Å². The van der Waals surface area contributed by atoms with Gasteiger partial charge in [0.25, 0.3) is 15.9 Å². The minimum atomic E-state index is -3.78. The third kappa shape index (κ3) is 4.50. The zero-order valence-corrected chi connectivity index (χ0v) is 16.7. The van der Waals surface area contributed by atoms with E-state index in [9.17, 15) is 13.2 Å². The van der Waals surface area contributed by atoms with Crippen molar-refractivity contribution in [1.29, 1.82) is 0 Å². The normalized spacial score (nSPS) is 15.3. The van der Waals surface area contributed by atoms with E-state index in [0.29, 0.717) is 16.8 Å². The molecule has 1 aliphatic heterocycles. The standard InChI is InChI=1S/C21H26N2O3S/c1-16-11-12-17(2)20(15-16)27(25,26)22-19-10-6-5-9-18(19)21(24)23-13-7-3-4-8-14-23/h5-6,9-12,15,22H,3-4,7-8,13-14H2,1-2H3. The van der Waals surface area contributed by atoms with E-state index in [1.54, 1.807) is 43.3 Å². The van der Waals surface area contributed by atoms with Gasteiger partial charge in [-0.05, 0) is 56.0 Å². The summed E-state index contributed by atoms with van der Waals surface area (Å²) < 4.78 is 28.5. The number of para-hydroxylation sites is 1. The van der Waals surface area contributed by atoms with Crippen LogP contribution in [0, 0.1) is 13.8 Å². The molecule has 2 aromatic carbocycles. The maximum Gasteiger partial charge on any atom is 0.262 e. The van der Waals surface area contributed by atoms with E-state index < -0.39 is 10.0 Å². The predicted octanol–water partition coefficient (Wildman–Crippen LogP) is 4.12. The molecule has 144 valence electrons. The minimum Gasteiger partial charge on any atom is -0.339 e. The van der Waals surface area contributed by atoms with Crippen LogP contribution >= 0.6 is 0 Å². The first-order chi connectivity index (χ1) is 12.9. The van der Waals surface area contributed by atoms with Gasteiger partial charge < -0.3 is 4.90 Å². The molecule has 1 aliphatic rings. The Morgan fingerprint density at radius 2 is 1.63 bits per heavy atom. The Balaban J connectivity index is 1.92. The summed E-state index contributed by atoms with van der Waals surface area (Å²) >= 11 is 0. The first-order valence-electron chi connectivity index (χ1n) is 9.37. The molecular weight excluding hydrogens is 360 g/mol. The number of anilines is 1. The van der Waals surface area contributed by atoms with Gasteiger partial charge in [0.05, 0.1) is 16.1 Å². The van der Waals surface area contributed by atoms with Gasteiger partial charge in [0.1, 0.15) is 0 Å². The Labute approximate surface area is 161 Å². The van der Waals surface area contributed by atoms with Gasteiger partial charge in [0.15, 0.2) is 0 Å². The third-order valence-electron chi connectivity index (χ3n) is 4.93. The van der Waals surface area contributed by atoms with Crippen molar-refractivity contribution in [2.75, 3.05) is 17.8 Å². The summed E-state index contributed by atoms with van der Waals surface area (Å²) in [5.41, 5.74) is 2.26. The summed E-state index contributed by atoms with van der Waals surface area (Å²) in [4.78, 5) is 15.1. The number of nitrogens with zero attached hydrogens (tertiary/aromatic N) is 1. The fraction of sp³-hybridized carbons (Fsp3) is 0.381. The van der Waals surface area contributed by atoms with E-state index in [2.05, 4.69) is 4.72 Å². The SMILES string of the molecule is Cc1ccc(C)c(S(=O)(=O)Nc2ccccc2C(=O)N2CCCCCC2)c1. The molecule has 5 nitrogen and oxygen atoms in total. The number of sulfonamides is 1. The van der Waals surface area contributed by atoms with Crippen LogP contribution < -0.4 is 4.72 Å². The van der Waals surface area contributed by atoms with Crippen LogP contribution in [0.2, 0.25) is 0 Å². The minimum absolute atomic E-state index is 0.115. The summed E-state index contributed by atoms with van der Waals surface area (Å²) in [7, 11) is -3.78. The molecule has 27 heavy (non-hydrogen) atoms. The van der Waals surface area contributed by atoms with Crippen LogP contribution in [0.25, 0.3) is 0 Å². The summed E-state index contributed by atoms with van der Waals surface area (Å²) in [5.74, 6) is -0.115. The number of rotatable bonds is 4. The van der Waals surface area contributed by atoms with Gasteiger partial charge in [-0.3, -0.25) is 9.52 Å². The molecule has 0 saturated carbocycles. The lowest BCUT2D eigenvalue weighted by molar-refractivity contribution is 0.0762. The second kappa shape index (κ2) is 8.13. The number of benzene rings is 2. The molecule has 2 aromatic rings. The van der Waals surface area contributed by atoms with Crippen molar-refractivity contribution in [2.45, 2.75) is 44.4 Å². The second-order valence-electron chi connectivity index (χ2n) is 7.13. The van der Waals surface area contributed by atoms with Crippen LogP contribution in [-0.2, 0) is 10.0 Å². The summed E-state index contributed by atoms with van der Waals surface area (Å²) in [6.45, 7) is 5.06. The molecule has 1 saturated heterocycles. The average Bonchev–Trinajstić information content (AvgIpc) is 2.92. The van der Waals surface area contributed by atoms with Gasteiger partial charge in [-0.2, -0.15) is 0 Å². The van der Waals surface area contributed by atoms with E-state index in [0.717, 1.165) is 44.3 Å². The zero-order chi connectivity index (χ0) is 19.4. The highest BCUT2D eigenvalue weighted by atomic mass is 32.2. The van der Waals surface area contributed by atoms with E-state index in [1.807, 2.05) is 17.9 Å². The Morgan fingerprint density at radius 3 is 2.33 bits per heavy atom. The van der Waals surface area contributed by atoms with Gasteiger partial charge >= 0.3 is 0 Å². The maximum atomic E-state index is 13.0. The lowest BCUT2D eigenvalue weighted by Gasteiger charge is -2.22. The lowest BCUT2D eigenvalue weighted by Crippen LogP contribution is -2.32. The van der Waals surface area contributed by atoms with Crippen molar-refractivity contribution in [3.63, 3.8) is 0 Å². The predicted molar refractivity (Wildman–Crippen MR) is 108 cm³/mol. The molecule has 0 spiro atoms. The van der Waals surface area contributed by atoms with Gasteiger partial charge in [-0.1, -0.05) is 37.1 Å². The molecule has 1 fully saturated rings. The number of carbonyl (C=O) groups is 1. The first-order valence-corrected chi connectivity index (χ1v) is 10.9. The molecule has 0 radical (unpaired) electrons. The van der Waals surface area contributed by atoms with Crippen LogP contribution in [0.1, 0.15) is 47.2 Å². The van der Waals surface area contributed by atoms with E-state index in [-0.39, 0.29) is 10.8 Å². The number of hydrogen-bond acceptors (Lipinski definition) is 3. The van der Waals surface area contributed by atoms with Crippen LogP contribution in [0.5, 0.6) is 0 Å². The lowest BCUT2D eigenvalue weighted by atomic mass is 10.1. The quantitative estimate of drug-likeness (QED) is 0.859.